The fourth-order valence-corrected chi connectivity index (χ4v) is 2.97. The minimum absolute atomic E-state index is 0.0589. The summed E-state index contributed by atoms with van der Waals surface area (Å²) in [4.78, 5) is 25.8. The molecule has 0 unspecified atom stereocenters. The molecule has 1 fully saturated rings. The van der Waals surface area contributed by atoms with Crippen molar-refractivity contribution in [1.82, 2.24) is 10.2 Å². The molecule has 1 atom stereocenters. The molecule has 0 radical (unpaired) electrons. The first-order valence-electron chi connectivity index (χ1n) is 8.68. The van der Waals surface area contributed by atoms with Crippen LogP contribution in [0.1, 0.15) is 31.7 Å². The van der Waals surface area contributed by atoms with Crippen LogP contribution in [0.4, 0.5) is 13.2 Å². The molecule has 1 aromatic carbocycles. The Balaban J connectivity index is 1.76. The lowest BCUT2D eigenvalue weighted by Crippen LogP contribution is -2.45. The highest BCUT2D eigenvalue weighted by atomic mass is 19.4. The van der Waals surface area contributed by atoms with E-state index in [9.17, 15) is 22.8 Å². The standard InChI is InChI=1S/C18H23F3N2O3/c1-2-16(24)23-11-3-4-14(12-23)17(25)22-10-9-13-5-7-15(8-6-13)26-18(19,20)21/h5-8,14H,2-4,9-12H2,1H3,(H,22,25)/t14-/m1/s1. The number of hydrogen-bond donors (Lipinski definition) is 1. The number of nitrogens with one attached hydrogen (secondary N) is 1. The maximum Gasteiger partial charge on any atom is 0.573 e. The highest BCUT2D eigenvalue weighted by Crippen LogP contribution is 2.23. The molecule has 26 heavy (non-hydrogen) atoms. The van der Waals surface area contributed by atoms with Gasteiger partial charge in [-0.2, -0.15) is 0 Å². The normalized spacial score (nSPS) is 17.7. The third-order valence-corrected chi connectivity index (χ3v) is 4.32. The molecule has 1 saturated heterocycles. The fraction of sp³-hybridized carbons (Fsp3) is 0.556. The second-order valence-electron chi connectivity index (χ2n) is 6.27. The second-order valence-corrected chi connectivity index (χ2v) is 6.27. The topological polar surface area (TPSA) is 58.6 Å². The van der Waals surface area contributed by atoms with Crippen LogP contribution in [-0.2, 0) is 16.0 Å². The molecule has 0 bridgehead atoms. The van der Waals surface area contributed by atoms with Gasteiger partial charge in [0.1, 0.15) is 5.75 Å². The number of rotatable bonds is 6. The largest absolute Gasteiger partial charge is 0.573 e. The lowest BCUT2D eigenvalue weighted by atomic mass is 9.97. The van der Waals surface area contributed by atoms with E-state index in [1.54, 1.807) is 11.8 Å². The molecule has 1 aliphatic heterocycles. The second kappa shape index (κ2) is 8.91. The molecule has 2 rings (SSSR count). The Kier molecular flexibility index (Phi) is 6.88. The van der Waals surface area contributed by atoms with Gasteiger partial charge < -0.3 is 15.0 Å². The molecule has 1 heterocycles. The summed E-state index contributed by atoms with van der Waals surface area (Å²) in [5, 5.41) is 2.84. The number of hydrogen-bond acceptors (Lipinski definition) is 3. The van der Waals surface area contributed by atoms with Crippen molar-refractivity contribution in [3.05, 3.63) is 29.8 Å². The number of alkyl halides is 3. The average Bonchev–Trinajstić information content (AvgIpc) is 2.61. The quantitative estimate of drug-likeness (QED) is 0.835. The zero-order valence-electron chi connectivity index (χ0n) is 14.6. The maximum atomic E-state index is 12.3. The van der Waals surface area contributed by atoms with Crippen LogP contribution in [0.5, 0.6) is 5.75 Å². The van der Waals surface area contributed by atoms with Gasteiger partial charge in [-0.1, -0.05) is 19.1 Å². The number of amides is 2. The minimum Gasteiger partial charge on any atom is -0.406 e. The van der Waals surface area contributed by atoms with Gasteiger partial charge in [0.05, 0.1) is 5.92 Å². The average molecular weight is 372 g/mol. The van der Waals surface area contributed by atoms with Gasteiger partial charge in [-0.3, -0.25) is 9.59 Å². The van der Waals surface area contributed by atoms with E-state index in [1.165, 1.54) is 24.3 Å². The zero-order chi connectivity index (χ0) is 19.2. The molecule has 0 spiro atoms. The molecule has 0 saturated carbocycles. The van der Waals surface area contributed by atoms with E-state index in [-0.39, 0.29) is 23.5 Å². The van der Waals surface area contributed by atoms with Crippen molar-refractivity contribution < 1.29 is 27.5 Å². The predicted molar refractivity (Wildman–Crippen MR) is 89.4 cm³/mol. The fourth-order valence-electron chi connectivity index (χ4n) is 2.97. The highest BCUT2D eigenvalue weighted by molar-refractivity contribution is 5.81. The Morgan fingerprint density at radius 3 is 2.58 bits per heavy atom. The van der Waals surface area contributed by atoms with Crippen LogP contribution in [0.2, 0.25) is 0 Å². The highest BCUT2D eigenvalue weighted by Gasteiger charge is 2.31. The van der Waals surface area contributed by atoms with Crippen molar-refractivity contribution in [1.29, 1.82) is 0 Å². The minimum atomic E-state index is -4.71. The summed E-state index contributed by atoms with van der Waals surface area (Å²) >= 11 is 0. The molecular formula is C18H23F3N2O3. The van der Waals surface area contributed by atoms with Gasteiger partial charge in [0.25, 0.3) is 0 Å². The lowest BCUT2D eigenvalue weighted by molar-refractivity contribution is -0.274. The molecule has 144 valence electrons. The first-order chi connectivity index (χ1) is 12.3. The van der Waals surface area contributed by atoms with Gasteiger partial charge in [0, 0.05) is 26.1 Å². The summed E-state index contributed by atoms with van der Waals surface area (Å²) in [6.45, 7) is 3.33. The van der Waals surface area contributed by atoms with E-state index in [0.29, 0.717) is 32.5 Å². The van der Waals surface area contributed by atoms with Crippen LogP contribution in [0.25, 0.3) is 0 Å². The molecule has 0 aromatic heterocycles. The molecule has 1 aromatic rings. The summed E-state index contributed by atoms with van der Waals surface area (Å²) in [6.07, 6.45) is -2.21. The van der Waals surface area contributed by atoms with Gasteiger partial charge in [-0.15, -0.1) is 13.2 Å². The van der Waals surface area contributed by atoms with E-state index >= 15 is 0 Å². The molecule has 8 heteroatoms. The van der Waals surface area contributed by atoms with Crippen molar-refractivity contribution in [2.24, 2.45) is 5.92 Å². The number of benzene rings is 1. The molecule has 5 nitrogen and oxygen atoms in total. The van der Waals surface area contributed by atoms with Gasteiger partial charge in [-0.05, 0) is 37.0 Å². The number of ether oxygens (including phenoxy) is 1. The van der Waals surface area contributed by atoms with Crippen LogP contribution in [0.15, 0.2) is 24.3 Å². The monoisotopic (exact) mass is 372 g/mol. The summed E-state index contributed by atoms with van der Waals surface area (Å²) in [5.41, 5.74) is 0.797. The van der Waals surface area contributed by atoms with E-state index < -0.39 is 6.36 Å². The van der Waals surface area contributed by atoms with E-state index in [4.69, 9.17) is 0 Å². The predicted octanol–water partition coefficient (Wildman–Crippen LogP) is 2.89. The molecule has 0 aliphatic carbocycles. The van der Waals surface area contributed by atoms with Crippen molar-refractivity contribution in [3.63, 3.8) is 0 Å². The smallest absolute Gasteiger partial charge is 0.406 e. The number of carbonyl (C=O) groups is 2. The van der Waals surface area contributed by atoms with E-state index in [0.717, 1.165) is 18.4 Å². The summed E-state index contributed by atoms with van der Waals surface area (Å²) in [6, 6.07) is 5.57. The Morgan fingerprint density at radius 2 is 1.96 bits per heavy atom. The van der Waals surface area contributed by atoms with Crippen molar-refractivity contribution in [3.8, 4) is 5.75 Å². The molecule has 2 amide bonds. The lowest BCUT2D eigenvalue weighted by Gasteiger charge is -2.31. The van der Waals surface area contributed by atoms with Crippen LogP contribution in [0.3, 0.4) is 0 Å². The van der Waals surface area contributed by atoms with Crippen LogP contribution >= 0.6 is 0 Å². The summed E-state index contributed by atoms with van der Waals surface area (Å²) in [5.74, 6) is -0.505. The number of nitrogens with zero attached hydrogens (tertiary/aromatic N) is 1. The number of likely N-dealkylation sites (tertiary alicyclic amines) is 1. The Bertz CT molecular complexity index is 617. The maximum absolute atomic E-state index is 12.3. The number of carbonyl (C=O) groups excluding carboxylic acids is 2. The van der Waals surface area contributed by atoms with Crippen molar-refractivity contribution >= 4 is 11.8 Å². The Morgan fingerprint density at radius 1 is 1.27 bits per heavy atom. The van der Waals surface area contributed by atoms with E-state index in [1.807, 2.05) is 0 Å². The van der Waals surface area contributed by atoms with Crippen molar-refractivity contribution in [2.75, 3.05) is 19.6 Å². The SMILES string of the molecule is CCC(=O)N1CCC[C@@H](C(=O)NCCc2ccc(OC(F)(F)F)cc2)C1. The number of halogens is 3. The summed E-state index contributed by atoms with van der Waals surface area (Å²) in [7, 11) is 0. The first-order valence-corrected chi connectivity index (χ1v) is 8.68. The van der Waals surface area contributed by atoms with Crippen molar-refractivity contribution in [2.45, 2.75) is 39.0 Å². The molecule has 1 N–H and O–H groups in total. The first kappa shape index (κ1) is 20.1. The van der Waals surface area contributed by atoms with Gasteiger partial charge in [0.2, 0.25) is 11.8 Å². The Hall–Kier alpha value is -2.25. The zero-order valence-corrected chi connectivity index (χ0v) is 14.6. The van der Waals surface area contributed by atoms with Crippen LogP contribution in [0, 0.1) is 5.92 Å². The van der Waals surface area contributed by atoms with Crippen LogP contribution < -0.4 is 10.1 Å². The molecule has 1 aliphatic rings. The van der Waals surface area contributed by atoms with Gasteiger partial charge >= 0.3 is 6.36 Å². The molecular weight excluding hydrogens is 349 g/mol. The van der Waals surface area contributed by atoms with Gasteiger partial charge in [0.15, 0.2) is 0 Å². The number of piperidine rings is 1. The van der Waals surface area contributed by atoms with Crippen LogP contribution in [-0.4, -0.2) is 42.7 Å². The third-order valence-electron chi connectivity index (χ3n) is 4.32. The third kappa shape index (κ3) is 6.24. The van der Waals surface area contributed by atoms with Gasteiger partial charge in [-0.25, -0.2) is 0 Å². The summed E-state index contributed by atoms with van der Waals surface area (Å²) < 4.78 is 40.2. The Labute approximate surface area is 150 Å². The van der Waals surface area contributed by atoms with E-state index in [2.05, 4.69) is 10.1 Å².